The molecule has 0 saturated carbocycles. The van der Waals surface area contributed by atoms with E-state index in [0.717, 1.165) is 46.1 Å². The summed E-state index contributed by atoms with van der Waals surface area (Å²) in [5.74, 6) is 0.617. The molecule has 1 saturated heterocycles. The summed E-state index contributed by atoms with van der Waals surface area (Å²) in [7, 11) is 2.15. The number of hydrogen-bond acceptors (Lipinski definition) is 4. The highest BCUT2D eigenvalue weighted by Gasteiger charge is 2.28. The van der Waals surface area contributed by atoms with Gasteiger partial charge in [0.15, 0.2) is 0 Å². The molecular formula is C12H26N2O2. The summed E-state index contributed by atoms with van der Waals surface area (Å²) in [5.41, 5.74) is 0. The topological polar surface area (TPSA) is 33.7 Å². The maximum absolute atomic E-state index is 5.53. The molecule has 4 nitrogen and oxygen atoms in total. The third-order valence-corrected chi connectivity index (χ3v) is 3.03. The Balaban J connectivity index is 2.18. The van der Waals surface area contributed by atoms with Crippen LogP contribution < -0.4 is 5.32 Å². The molecular weight excluding hydrogens is 204 g/mol. The molecule has 2 unspecified atom stereocenters. The van der Waals surface area contributed by atoms with Crippen molar-refractivity contribution >= 4 is 0 Å². The largest absolute Gasteiger partial charge is 0.380 e. The molecule has 0 aliphatic carbocycles. The van der Waals surface area contributed by atoms with Crippen molar-refractivity contribution < 1.29 is 9.47 Å². The molecule has 0 spiro atoms. The van der Waals surface area contributed by atoms with Crippen LogP contribution in [0.2, 0.25) is 0 Å². The van der Waals surface area contributed by atoms with Gasteiger partial charge in [-0.15, -0.1) is 0 Å². The maximum atomic E-state index is 5.53. The fourth-order valence-electron chi connectivity index (χ4n) is 2.12. The Bertz CT molecular complexity index is 178. The number of nitrogens with one attached hydrogen (secondary N) is 1. The predicted octanol–water partition coefficient (Wildman–Crippen LogP) is 0.579. The van der Waals surface area contributed by atoms with Crippen LogP contribution in [0.5, 0.6) is 0 Å². The molecule has 0 bridgehead atoms. The van der Waals surface area contributed by atoms with Crippen molar-refractivity contribution in [3.8, 4) is 0 Å². The van der Waals surface area contributed by atoms with Crippen LogP contribution in [0.1, 0.15) is 13.8 Å². The van der Waals surface area contributed by atoms with E-state index < -0.39 is 0 Å². The van der Waals surface area contributed by atoms with Gasteiger partial charge in [0.2, 0.25) is 0 Å². The van der Waals surface area contributed by atoms with Crippen molar-refractivity contribution in [3.63, 3.8) is 0 Å². The quantitative estimate of drug-likeness (QED) is 0.619. The number of nitrogens with zero attached hydrogens (tertiary/aromatic N) is 1. The first-order valence-corrected chi connectivity index (χ1v) is 6.35. The Morgan fingerprint density at radius 2 is 2.19 bits per heavy atom. The molecule has 1 aliphatic rings. The Kier molecular flexibility index (Phi) is 6.96. The number of rotatable bonds is 8. The second kappa shape index (κ2) is 8.01. The van der Waals surface area contributed by atoms with Crippen molar-refractivity contribution in [1.29, 1.82) is 0 Å². The monoisotopic (exact) mass is 230 g/mol. The van der Waals surface area contributed by atoms with Crippen LogP contribution in [-0.2, 0) is 9.47 Å². The lowest BCUT2D eigenvalue weighted by Crippen LogP contribution is -2.41. The Hall–Kier alpha value is -0.160. The smallest absolute Gasteiger partial charge is 0.0623 e. The van der Waals surface area contributed by atoms with Crippen molar-refractivity contribution in [1.82, 2.24) is 10.2 Å². The standard InChI is InChI=1S/C12H26N2O2/c1-4-13-12-10-16-9-11(12)8-14(3)6-7-15-5-2/h11-13H,4-10H2,1-3H3. The molecule has 96 valence electrons. The first-order chi connectivity index (χ1) is 7.77. The average molecular weight is 230 g/mol. The average Bonchev–Trinajstić information content (AvgIpc) is 2.67. The van der Waals surface area contributed by atoms with Gasteiger partial charge in [0, 0.05) is 31.7 Å². The van der Waals surface area contributed by atoms with Crippen LogP contribution >= 0.6 is 0 Å². The maximum Gasteiger partial charge on any atom is 0.0623 e. The lowest BCUT2D eigenvalue weighted by Gasteiger charge is -2.24. The minimum atomic E-state index is 0.527. The molecule has 0 aromatic carbocycles. The van der Waals surface area contributed by atoms with Gasteiger partial charge in [-0.3, -0.25) is 0 Å². The van der Waals surface area contributed by atoms with E-state index in [2.05, 4.69) is 24.2 Å². The third-order valence-electron chi connectivity index (χ3n) is 3.03. The lowest BCUT2D eigenvalue weighted by atomic mass is 10.0. The van der Waals surface area contributed by atoms with Crippen LogP contribution in [0.25, 0.3) is 0 Å². The number of ether oxygens (including phenoxy) is 2. The summed E-state index contributed by atoms with van der Waals surface area (Å²) in [4.78, 5) is 2.33. The van der Waals surface area contributed by atoms with Gasteiger partial charge in [-0.1, -0.05) is 6.92 Å². The molecule has 1 N–H and O–H groups in total. The molecule has 1 fully saturated rings. The van der Waals surface area contributed by atoms with Gasteiger partial charge in [-0.2, -0.15) is 0 Å². The second-order valence-electron chi connectivity index (χ2n) is 4.42. The first-order valence-electron chi connectivity index (χ1n) is 6.35. The summed E-state index contributed by atoms with van der Waals surface area (Å²) in [5, 5.41) is 3.48. The fourth-order valence-corrected chi connectivity index (χ4v) is 2.12. The van der Waals surface area contributed by atoms with Crippen LogP contribution in [0.4, 0.5) is 0 Å². The highest BCUT2D eigenvalue weighted by atomic mass is 16.5. The second-order valence-corrected chi connectivity index (χ2v) is 4.42. The van der Waals surface area contributed by atoms with Gasteiger partial charge in [0.05, 0.1) is 19.8 Å². The van der Waals surface area contributed by atoms with Gasteiger partial charge >= 0.3 is 0 Å². The predicted molar refractivity (Wildman–Crippen MR) is 65.8 cm³/mol. The lowest BCUT2D eigenvalue weighted by molar-refractivity contribution is 0.113. The summed E-state index contributed by atoms with van der Waals surface area (Å²) < 4.78 is 10.9. The van der Waals surface area contributed by atoms with Crippen molar-refractivity contribution in [2.75, 3.05) is 53.1 Å². The molecule has 0 aromatic rings. The Labute approximate surface area is 99.3 Å². The van der Waals surface area contributed by atoms with Crippen molar-refractivity contribution in [2.45, 2.75) is 19.9 Å². The zero-order valence-electron chi connectivity index (χ0n) is 10.9. The zero-order valence-corrected chi connectivity index (χ0v) is 10.9. The molecule has 0 amide bonds. The van der Waals surface area contributed by atoms with Gasteiger partial charge in [0.1, 0.15) is 0 Å². The van der Waals surface area contributed by atoms with Gasteiger partial charge in [-0.25, -0.2) is 0 Å². The van der Waals surface area contributed by atoms with E-state index in [9.17, 15) is 0 Å². The molecule has 2 atom stereocenters. The minimum absolute atomic E-state index is 0.527. The van der Waals surface area contributed by atoms with Crippen LogP contribution in [0.3, 0.4) is 0 Å². The first kappa shape index (κ1) is 13.9. The molecule has 0 radical (unpaired) electrons. The fraction of sp³-hybridized carbons (Fsp3) is 1.00. The summed E-state index contributed by atoms with van der Waals surface area (Å²) in [6, 6.07) is 0.527. The van der Waals surface area contributed by atoms with Gasteiger partial charge < -0.3 is 19.7 Å². The number of likely N-dealkylation sites (N-methyl/N-ethyl adjacent to an activating group) is 2. The van der Waals surface area contributed by atoms with E-state index in [0.29, 0.717) is 12.0 Å². The Morgan fingerprint density at radius 1 is 1.38 bits per heavy atom. The van der Waals surface area contributed by atoms with Gasteiger partial charge in [-0.05, 0) is 20.5 Å². The van der Waals surface area contributed by atoms with E-state index in [1.165, 1.54) is 0 Å². The van der Waals surface area contributed by atoms with E-state index in [-0.39, 0.29) is 0 Å². The highest BCUT2D eigenvalue weighted by Crippen LogP contribution is 2.14. The molecule has 4 heteroatoms. The van der Waals surface area contributed by atoms with E-state index in [1.807, 2.05) is 6.92 Å². The van der Waals surface area contributed by atoms with E-state index >= 15 is 0 Å². The molecule has 1 heterocycles. The molecule has 1 aliphatic heterocycles. The van der Waals surface area contributed by atoms with Crippen molar-refractivity contribution in [3.05, 3.63) is 0 Å². The minimum Gasteiger partial charge on any atom is -0.380 e. The number of hydrogen-bond donors (Lipinski definition) is 1. The Morgan fingerprint density at radius 3 is 2.88 bits per heavy atom. The van der Waals surface area contributed by atoms with Crippen LogP contribution in [0.15, 0.2) is 0 Å². The summed E-state index contributed by atoms with van der Waals surface area (Å²) >= 11 is 0. The highest BCUT2D eigenvalue weighted by molar-refractivity contribution is 4.82. The third kappa shape index (κ3) is 4.78. The molecule has 16 heavy (non-hydrogen) atoms. The molecule has 1 rings (SSSR count). The van der Waals surface area contributed by atoms with Crippen molar-refractivity contribution in [2.24, 2.45) is 5.92 Å². The van der Waals surface area contributed by atoms with Gasteiger partial charge in [0.25, 0.3) is 0 Å². The summed E-state index contributed by atoms with van der Waals surface area (Å²) in [6.07, 6.45) is 0. The van der Waals surface area contributed by atoms with Crippen LogP contribution in [-0.4, -0.2) is 64.1 Å². The van der Waals surface area contributed by atoms with E-state index in [4.69, 9.17) is 9.47 Å². The van der Waals surface area contributed by atoms with Crippen LogP contribution in [0, 0.1) is 5.92 Å². The molecule has 0 aromatic heterocycles. The van der Waals surface area contributed by atoms with E-state index in [1.54, 1.807) is 0 Å². The SMILES string of the molecule is CCNC1COCC1CN(C)CCOCC. The summed E-state index contributed by atoms with van der Waals surface area (Å²) in [6.45, 7) is 10.7. The normalized spacial score (nSPS) is 25.5. The zero-order chi connectivity index (χ0) is 11.8.